The summed E-state index contributed by atoms with van der Waals surface area (Å²) in [5.74, 6) is 1.88. The van der Waals surface area contributed by atoms with Gasteiger partial charge in [0.2, 0.25) is 0 Å². The summed E-state index contributed by atoms with van der Waals surface area (Å²) < 4.78 is 1.92. The molecule has 1 aliphatic heterocycles. The predicted molar refractivity (Wildman–Crippen MR) is 282 cm³/mol. The van der Waals surface area contributed by atoms with Crippen LogP contribution in [0.15, 0.2) is 78.3 Å². The average molecular weight is 1010 g/mol. The third-order valence-electron chi connectivity index (χ3n) is 13.9. The predicted octanol–water partition coefficient (Wildman–Crippen LogP) is 18.3. The molecule has 0 radical (unpaired) electrons. The molecular formula is C55H85Cl2N2PRuSi. The molecule has 0 N–H and O–H groups in total. The third kappa shape index (κ3) is 14.4. The van der Waals surface area contributed by atoms with Crippen LogP contribution >= 0.6 is 27.3 Å². The standard InChI is InChI=1S/C30H45N2Si.C18H33P.C7H6.2ClH.Ru/c1-20(2)24-14-12-15-25(21(3)4)29(24)31-18-28(33(9,10)11)32(19-31)30-26(22(5)6)16-13-17-27(30)23(7)8;1-4-10-16(11-5-1)19(17-12-6-2-7-13-17)18-14-8-3-9-15-18;1-7-5-3-2-4-6-7;;;/h12-23H,1-11H3;16-18H,1-15H2;1-6H;2*1H;/q-1;;;;;+2/p-1. The van der Waals surface area contributed by atoms with E-state index >= 15 is 0 Å². The van der Waals surface area contributed by atoms with E-state index in [0.717, 1.165) is 5.56 Å². The molecule has 7 rings (SSSR count). The zero-order valence-electron chi connectivity index (χ0n) is 40.7. The fourth-order valence-electron chi connectivity index (χ4n) is 10.8. The topological polar surface area (TPSA) is 6.48 Å². The van der Waals surface area contributed by atoms with Gasteiger partial charge in [0.05, 0.1) is 25.1 Å². The zero-order chi connectivity index (χ0) is 45.0. The van der Waals surface area contributed by atoms with Crippen molar-refractivity contribution in [1.29, 1.82) is 0 Å². The van der Waals surface area contributed by atoms with Crippen molar-refractivity contribution in [2.45, 2.75) is 212 Å². The van der Waals surface area contributed by atoms with Crippen LogP contribution in [0.1, 0.15) is 203 Å². The van der Waals surface area contributed by atoms with E-state index in [4.69, 9.17) is 19.4 Å². The Labute approximate surface area is 396 Å². The molecule has 3 aliphatic carbocycles. The Kier molecular flexibility index (Phi) is 20.9. The van der Waals surface area contributed by atoms with Gasteiger partial charge in [-0.1, -0.05) is 131 Å². The number of hydrogen-bond acceptors (Lipinski definition) is 2. The second-order valence-electron chi connectivity index (χ2n) is 21.1. The summed E-state index contributed by atoms with van der Waals surface area (Å²) in [5.41, 5.74) is 13.3. The van der Waals surface area contributed by atoms with Crippen molar-refractivity contribution in [3.05, 3.63) is 113 Å². The van der Waals surface area contributed by atoms with Crippen molar-refractivity contribution >= 4 is 51.4 Å². The second kappa shape index (κ2) is 25.0. The van der Waals surface area contributed by atoms with Crippen LogP contribution in [0.3, 0.4) is 0 Å². The summed E-state index contributed by atoms with van der Waals surface area (Å²) in [5, 5.41) is 1.48. The SMILES string of the molecule is C1CCC([PH+](C2CCCCC2)C2CCCCC2)CC1.CC(C)c1cccc(C(C)C)c1N1C=C([Si](C)(C)C)N(c2c(C(C)C)cccc2C(C)C)[CH-]1.[Cl][Ru]([Cl])=[CH]c1ccccc1. The van der Waals surface area contributed by atoms with Gasteiger partial charge < -0.3 is 9.80 Å². The van der Waals surface area contributed by atoms with E-state index in [0.29, 0.717) is 23.7 Å². The van der Waals surface area contributed by atoms with Gasteiger partial charge in [0.25, 0.3) is 0 Å². The third-order valence-corrected chi connectivity index (χ3v) is 22.3. The molecule has 1 heterocycles. The fraction of sp³-hybridized carbons (Fsp3) is 0.600. The van der Waals surface area contributed by atoms with E-state index in [1.165, 1.54) is 55.9 Å². The molecule has 3 aromatic rings. The number of anilines is 2. The van der Waals surface area contributed by atoms with Crippen LogP contribution in [0.25, 0.3) is 0 Å². The maximum absolute atomic E-state index is 5.67. The van der Waals surface area contributed by atoms with Crippen molar-refractivity contribution < 1.29 is 13.5 Å². The molecule has 62 heavy (non-hydrogen) atoms. The molecule has 2 nitrogen and oxygen atoms in total. The first-order chi connectivity index (χ1) is 29.6. The molecule has 0 bridgehead atoms. The average Bonchev–Trinajstić information content (AvgIpc) is 3.71. The monoisotopic (exact) mass is 1000 g/mol. The number of rotatable bonds is 11. The van der Waals surface area contributed by atoms with Crippen LogP contribution in [-0.4, -0.2) is 29.7 Å². The molecule has 0 unspecified atom stereocenters. The zero-order valence-corrected chi connectivity index (χ0v) is 46.0. The Morgan fingerprint density at radius 3 is 1.26 bits per heavy atom. The summed E-state index contributed by atoms with van der Waals surface area (Å²) in [6, 6.07) is 23.6. The molecule has 3 fully saturated rings. The molecule has 0 amide bonds. The molecule has 7 heteroatoms. The molecule has 3 aromatic carbocycles. The van der Waals surface area contributed by atoms with Gasteiger partial charge in [-0.15, -0.1) is 6.67 Å². The van der Waals surface area contributed by atoms with Crippen LogP contribution in [-0.2, 0) is 13.5 Å². The Hall–Kier alpha value is -1.28. The maximum atomic E-state index is 5.67. The molecule has 3 saturated carbocycles. The number of nitrogens with zero attached hydrogens (tertiary/aromatic N) is 2. The second-order valence-corrected chi connectivity index (χ2v) is 35.3. The van der Waals surface area contributed by atoms with Gasteiger partial charge in [0, 0.05) is 19.3 Å². The molecule has 0 saturated heterocycles. The van der Waals surface area contributed by atoms with Crippen LogP contribution < -0.4 is 9.80 Å². The van der Waals surface area contributed by atoms with Gasteiger partial charge in [-0.05, 0) is 134 Å². The van der Waals surface area contributed by atoms with Crippen molar-refractivity contribution in [2.75, 3.05) is 9.80 Å². The van der Waals surface area contributed by atoms with Gasteiger partial charge in [-0.3, -0.25) is 0 Å². The van der Waals surface area contributed by atoms with Crippen LogP contribution in [0, 0.1) is 6.67 Å². The summed E-state index contributed by atoms with van der Waals surface area (Å²) >= 11 is -1.61. The quantitative estimate of drug-likeness (QED) is 0.107. The van der Waals surface area contributed by atoms with Crippen LogP contribution in [0.4, 0.5) is 11.4 Å². The Bertz CT molecular complexity index is 1770. The number of hydrogen-bond donors (Lipinski definition) is 0. The number of benzene rings is 3. The Morgan fingerprint density at radius 2 is 0.919 bits per heavy atom. The van der Waals surface area contributed by atoms with E-state index in [2.05, 4.69) is 134 Å². The molecule has 0 aromatic heterocycles. The van der Waals surface area contributed by atoms with Gasteiger partial charge in [-0.2, -0.15) is 0 Å². The van der Waals surface area contributed by atoms with Gasteiger partial charge >= 0.3 is 73.4 Å². The van der Waals surface area contributed by atoms with E-state index in [1.54, 1.807) is 96.3 Å². The van der Waals surface area contributed by atoms with Crippen molar-refractivity contribution in [2.24, 2.45) is 0 Å². The van der Waals surface area contributed by atoms with Gasteiger partial charge in [0.1, 0.15) is 0 Å². The first-order valence-electron chi connectivity index (χ1n) is 24.7. The number of halogens is 2. The minimum absolute atomic E-state index is 0.0465. The molecule has 4 aliphatic rings. The van der Waals surface area contributed by atoms with Crippen molar-refractivity contribution in [3.63, 3.8) is 0 Å². The Balaban J connectivity index is 0.000000208. The summed E-state index contributed by atoms with van der Waals surface area (Å²) in [6.07, 6.45) is 26.2. The summed E-state index contributed by atoms with van der Waals surface area (Å²) in [6.45, 7) is 28.3. The van der Waals surface area contributed by atoms with E-state index < -0.39 is 21.6 Å². The summed E-state index contributed by atoms with van der Waals surface area (Å²) in [4.78, 5) is 5.00. The van der Waals surface area contributed by atoms with E-state index in [9.17, 15) is 0 Å². The molecule has 346 valence electrons. The molecule has 0 atom stereocenters. The summed E-state index contributed by atoms with van der Waals surface area (Å²) in [7, 11) is 9.65. The molecular weight excluding hydrogens is 920 g/mol. The van der Waals surface area contributed by atoms with Crippen LogP contribution in [0.5, 0.6) is 0 Å². The molecule has 0 spiro atoms. The van der Waals surface area contributed by atoms with Crippen molar-refractivity contribution in [1.82, 2.24) is 0 Å². The van der Waals surface area contributed by atoms with Gasteiger partial charge in [-0.25, -0.2) is 0 Å². The van der Waals surface area contributed by atoms with E-state index in [1.807, 2.05) is 34.9 Å². The van der Waals surface area contributed by atoms with Crippen molar-refractivity contribution in [3.8, 4) is 0 Å². The van der Waals surface area contributed by atoms with E-state index in [-0.39, 0.29) is 7.92 Å². The fourth-order valence-corrected chi connectivity index (χ4v) is 19.3. The number of para-hydroxylation sites is 2. The first-order valence-corrected chi connectivity index (χ1v) is 35.4. The normalized spacial score (nSPS) is 18.5. The van der Waals surface area contributed by atoms with Crippen LogP contribution in [0.2, 0.25) is 19.6 Å². The Morgan fingerprint density at radius 1 is 0.548 bits per heavy atom. The first kappa shape index (κ1) is 51.7. The minimum atomic E-state index is -1.64. The van der Waals surface area contributed by atoms with Gasteiger partial charge in [0.15, 0.2) is 0 Å².